The first kappa shape index (κ1) is 7.20. The van der Waals surface area contributed by atoms with Crippen molar-refractivity contribution < 1.29 is 0 Å². The lowest BCUT2D eigenvalue weighted by Gasteiger charge is -2.05. The summed E-state index contributed by atoms with van der Waals surface area (Å²) in [6.07, 6.45) is 7.72. The molecule has 0 N–H and O–H groups in total. The molecule has 2 rings (SSSR count). The van der Waals surface area contributed by atoms with Gasteiger partial charge >= 0.3 is 0 Å². The second-order valence-electron chi connectivity index (χ2n) is 3.15. The van der Waals surface area contributed by atoms with E-state index < -0.39 is 0 Å². The molecule has 0 aromatic heterocycles. The van der Waals surface area contributed by atoms with Gasteiger partial charge in [0.25, 0.3) is 0 Å². The van der Waals surface area contributed by atoms with Crippen LogP contribution in [0.4, 0.5) is 0 Å². The lowest BCUT2D eigenvalue weighted by atomic mass is 10.00. The summed E-state index contributed by atoms with van der Waals surface area (Å²) in [5.74, 6) is 2.90. The molecule has 1 saturated carbocycles. The second kappa shape index (κ2) is 2.37. The molecule has 1 fully saturated rings. The zero-order chi connectivity index (χ0) is 5.56. The van der Waals surface area contributed by atoms with Gasteiger partial charge in [-0.15, -0.1) is 0 Å². The maximum Gasteiger partial charge on any atom is -0.0202 e. The van der Waals surface area contributed by atoms with Gasteiger partial charge in [0.05, 0.1) is 0 Å². The van der Waals surface area contributed by atoms with Gasteiger partial charge in [-0.3, -0.25) is 0 Å². The Labute approximate surface area is 63.8 Å². The summed E-state index contributed by atoms with van der Waals surface area (Å²) in [6, 6.07) is 0. The summed E-state index contributed by atoms with van der Waals surface area (Å²) in [6.45, 7) is 2.38. The molecule has 0 heterocycles. The second-order valence-corrected chi connectivity index (χ2v) is 3.15. The fourth-order valence-electron chi connectivity index (χ4n) is 2.06. The predicted octanol–water partition coefficient (Wildman–Crippen LogP) is 2.33. The van der Waals surface area contributed by atoms with Crippen LogP contribution >= 0.6 is 13.5 Å². The summed E-state index contributed by atoms with van der Waals surface area (Å²) in [5, 5.41) is 0. The van der Waals surface area contributed by atoms with Crippen molar-refractivity contribution >= 4 is 13.5 Å². The summed E-state index contributed by atoms with van der Waals surface area (Å²) >= 11 is 0. The molecular formula is C8H14S. The normalized spacial score (nSPS) is 45.2. The molecule has 0 radical (unpaired) electrons. The summed E-state index contributed by atoms with van der Waals surface area (Å²) in [7, 11) is 0. The number of rotatable bonds is 0. The summed E-state index contributed by atoms with van der Waals surface area (Å²) < 4.78 is 0. The van der Waals surface area contributed by atoms with Crippen LogP contribution in [0.15, 0.2) is 12.2 Å². The van der Waals surface area contributed by atoms with Crippen LogP contribution in [0.3, 0.4) is 0 Å². The Morgan fingerprint density at radius 3 is 1.67 bits per heavy atom. The molecule has 52 valence electrons. The average Bonchev–Trinajstić information content (AvgIpc) is 2.29. The fraction of sp³-hybridized carbons (Fsp3) is 0.750. The minimum Gasteiger partial charge on any atom is -0.197 e. The van der Waals surface area contributed by atoms with Crippen molar-refractivity contribution in [1.82, 2.24) is 0 Å². The van der Waals surface area contributed by atoms with Gasteiger partial charge in [-0.05, 0) is 30.6 Å². The van der Waals surface area contributed by atoms with Crippen molar-refractivity contribution in [3.8, 4) is 0 Å². The van der Waals surface area contributed by atoms with Gasteiger partial charge < -0.3 is 0 Å². The van der Waals surface area contributed by atoms with Gasteiger partial charge in [0.1, 0.15) is 0 Å². The summed E-state index contributed by atoms with van der Waals surface area (Å²) in [4.78, 5) is 0. The van der Waals surface area contributed by atoms with Gasteiger partial charge in [-0.25, -0.2) is 0 Å². The molecule has 2 aliphatic rings. The van der Waals surface area contributed by atoms with Gasteiger partial charge in [-0.1, -0.05) is 19.1 Å². The molecule has 2 aliphatic carbocycles. The van der Waals surface area contributed by atoms with Crippen LogP contribution in [-0.4, -0.2) is 0 Å². The monoisotopic (exact) mass is 142 g/mol. The molecule has 2 unspecified atom stereocenters. The van der Waals surface area contributed by atoms with Crippen molar-refractivity contribution in [2.75, 3.05) is 0 Å². The molecule has 9 heavy (non-hydrogen) atoms. The Hall–Kier alpha value is 0.0900. The van der Waals surface area contributed by atoms with Crippen molar-refractivity contribution in [3.05, 3.63) is 12.2 Å². The van der Waals surface area contributed by atoms with Crippen LogP contribution in [0.1, 0.15) is 19.8 Å². The van der Waals surface area contributed by atoms with Crippen LogP contribution in [0.5, 0.6) is 0 Å². The Morgan fingerprint density at radius 1 is 1.11 bits per heavy atom. The Balaban J connectivity index is 0.000000405. The smallest absolute Gasteiger partial charge is 0.0202 e. The SMILES string of the molecule is CC1C2C=CC1CC2.S. The maximum atomic E-state index is 2.40. The topological polar surface area (TPSA) is 0 Å². The van der Waals surface area contributed by atoms with Crippen LogP contribution in [-0.2, 0) is 0 Å². The molecule has 0 aliphatic heterocycles. The molecule has 0 spiro atoms. The van der Waals surface area contributed by atoms with E-state index in [4.69, 9.17) is 0 Å². The van der Waals surface area contributed by atoms with E-state index in [2.05, 4.69) is 19.1 Å². The molecule has 0 saturated heterocycles. The van der Waals surface area contributed by atoms with E-state index in [1.165, 1.54) is 12.8 Å². The predicted molar refractivity (Wildman–Crippen MR) is 44.9 cm³/mol. The van der Waals surface area contributed by atoms with Crippen LogP contribution in [0, 0.1) is 17.8 Å². The van der Waals surface area contributed by atoms with Crippen LogP contribution in [0.25, 0.3) is 0 Å². The number of allylic oxidation sites excluding steroid dienone is 2. The average molecular weight is 142 g/mol. The van der Waals surface area contributed by atoms with Crippen molar-refractivity contribution in [1.29, 1.82) is 0 Å². The largest absolute Gasteiger partial charge is 0.197 e. The minimum absolute atomic E-state index is 0. The number of hydrogen-bond acceptors (Lipinski definition) is 0. The van der Waals surface area contributed by atoms with E-state index in [1.807, 2.05) is 0 Å². The molecule has 0 aromatic carbocycles. The lowest BCUT2D eigenvalue weighted by molar-refractivity contribution is 0.474. The first-order valence-corrected chi connectivity index (χ1v) is 3.56. The minimum atomic E-state index is 0. The lowest BCUT2D eigenvalue weighted by Crippen LogP contribution is -1.99. The molecule has 0 nitrogen and oxygen atoms in total. The van der Waals surface area contributed by atoms with E-state index >= 15 is 0 Å². The standard InChI is InChI=1S/C8H12.H2S/c1-6-7-2-3-8(6)5-4-7;/h2-3,6-8H,4-5H2,1H3;1H2. The molecule has 0 aromatic rings. The van der Waals surface area contributed by atoms with Crippen molar-refractivity contribution in [2.45, 2.75) is 19.8 Å². The molecule has 0 amide bonds. The van der Waals surface area contributed by atoms with Crippen LogP contribution in [0.2, 0.25) is 0 Å². The molecular weight excluding hydrogens is 128 g/mol. The van der Waals surface area contributed by atoms with Crippen molar-refractivity contribution in [2.24, 2.45) is 17.8 Å². The van der Waals surface area contributed by atoms with Crippen LogP contribution < -0.4 is 0 Å². The zero-order valence-electron chi connectivity index (χ0n) is 5.80. The van der Waals surface area contributed by atoms with E-state index in [1.54, 1.807) is 0 Å². The maximum absolute atomic E-state index is 2.40. The summed E-state index contributed by atoms with van der Waals surface area (Å²) in [5.41, 5.74) is 0. The highest BCUT2D eigenvalue weighted by molar-refractivity contribution is 7.59. The number of hydrogen-bond donors (Lipinski definition) is 0. The van der Waals surface area contributed by atoms with E-state index in [-0.39, 0.29) is 13.5 Å². The Kier molecular flexibility index (Phi) is 1.90. The third-order valence-electron chi connectivity index (χ3n) is 2.79. The highest BCUT2D eigenvalue weighted by atomic mass is 32.1. The fourth-order valence-corrected chi connectivity index (χ4v) is 2.06. The Bertz CT molecular complexity index is 115. The molecule has 1 heteroatoms. The molecule has 2 atom stereocenters. The third-order valence-corrected chi connectivity index (χ3v) is 2.79. The first-order valence-electron chi connectivity index (χ1n) is 3.56. The zero-order valence-corrected chi connectivity index (χ0v) is 6.80. The third kappa shape index (κ3) is 0.917. The quantitative estimate of drug-likeness (QED) is 0.455. The Morgan fingerprint density at radius 2 is 1.56 bits per heavy atom. The van der Waals surface area contributed by atoms with Gasteiger partial charge in [-0.2, -0.15) is 13.5 Å². The van der Waals surface area contributed by atoms with E-state index in [0.29, 0.717) is 0 Å². The van der Waals surface area contributed by atoms with E-state index in [9.17, 15) is 0 Å². The highest BCUT2D eigenvalue weighted by Crippen LogP contribution is 2.43. The number of fused-ring (bicyclic) bond motifs is 2. The van der Waals surface area contributed by atoms with Gasteiger partial charge in [0.15, 0.2) is 0 Å². The highest BCUT2D eigenvalue weighted by Gasteiger charge is 2.33. The van der Waals surface area contributed by atoms with E-state index in [0.717, 1.165) is 17.8 Å². The van der Waals surface area contributed by atoms with Gasteiger partial charge in [0.2, 0.25) is 0 Å². The van der Waals surface area contributed by atoms with Gasteiger partial charge in [0, 0.05) is 0 Å². The molecule has 2 bridgehead atoms. The van der Waals surface area contributed by atoms with Crippen molar-refractivity contribution in [3.63, 3.8) is 0 Å². The first-order chi connectivity index (χ1) is 3.88.